The van der Waals surface area contributed by atoms with E-state index < -0.39 is 65.7 Å². The summed E-state index contributed by atoms with van der Waals surface area (Å²) < 4.78 is 22.0. The lowest BCUT2D eigenvalue weighted by molar-refractivity contribution is -0.166. The second kappa shape index (κ2) is 7.12. The van der Waals surface area contributed by atoms with Crippen LogP contribution in [-0.4, -0.2) is 59.0 Å². The van der Waals surface area contributed by atoms with E-state index in [4.69, 9.17) is 18.9 Å². The van der Waals surface area contributed by atoms with Gasteiger partial charge in [-0.15, -0.1) is 0 Å². The second-order valence-electron chi connectivity index (χ2n) is 8.37. The van der Waals surface area contributed by atoms with E-state index in [1.807, 2.05) is 0 Å². The first-order chi connectivity index (χ1) is 13.7. The molecule has 6 unspecified atom stereocenters. The number of ether oxygens (including phenoxy) is 4. The Morgan fingerprint density at radius 2 is 1.90 bits per heavy atom. The Morgan fingerprint density at radius 3 is 2.52 bits per heavy atom. The molecule has 4 fully saturated rings. The average molecular weight is 408 g/mol. The first-order valence-corrected chi connectivity index (χ1v) is 9.89. The zero-order valence-corrected chi connectivity index (χ0v) is 16.1. The van der Waals surface area contributed by atoms with Gasteiger partial charge in [0.1, 0.15) is 29.6 Å². The minimum absolute atomic E-state index is 0.000803. The molecule has 158 valence electrons. The van der Waals surface area contributed by atoms with E-state index in [1.54, 1.807) is 6.92 Å². The van der Waals surface area contributed by atoms with Gasteiger partial charge in [0.15, 0.2) is 12.2 Å². The van der Waals surface area contributed by atoms with Crippen LogP contribution in [0.25, 0.3) is 0 Å². The quantitative estimate of drug-likeness (QED) is 0.375. The van der Waals surface area contributed by atoms with Gasteiger partial charge < -0.3 is 24.1 Å². The lowest BCUT2D eigenvalue weighted by atomic mass is 9.78. The summed E-state index contributed by atoms with van der Waals surface area (Å²) >= 11 is 0. The van der Waals surface area contributed by atoms with Crippen molar-refractivity contribution in [1.29, 1.82) is 0 Å². The van der Waals surface area contributed by atoms with Gasteiger partial charge in [-0.05, 0) is 39.0 Å². The van der Waals surface area contributed by atoms with Crippen LogP contribution in [0.3, 0.4) is 0 Å². The van der Waals surface area contributed by atoms with Crippen molar-refractivity contribution in [1.82, 2.24) is 0 Å². The summed E-state index contributed by atoms with van der Waals surface area (Å²) in [6.45, 7) is 5.17. The number of fused-ring (bicyclic) bond motifs is 1. The van der Waals surface area contributed by atoms with Gasteiger partial charge in [0, 0.05) is 12.0 Å². The minimum Gasteiger partial charge on any atom is -0.481 e. The van der Waals surface area contributed by atoms with Gasteiger partial charge in [-0.1, -0.05) is 6.58 Å². The minimum atomic E-state index is -1.17. The number of hydrogen-bond acceptors (Lipinski definition) is 8. The molecule has 4 rings (SSSR count). The van der Waals surface area contributed by atoms with Crippen LogP contribution in [0.15, 0.2) is 12.2 Å². The van der Waals surface area contributed by atoms with Gasteiger partial charge in [0.25, 0.3) is 0 Å². The smallest absolute Gasteiger partial charge is 0.333 e. The van der Waals surface area contributed by atoms with E-state index in [0.717, 1.165) is 12.8 Å². The summed E-state index contributed by atoms with van der Waals surface area (Å²) in [6, 6.07) is 0. The predicted molar refractivity (Wildman–Crippen MR) is 94.4 cm³/mol. The van der Waals surface area contributed by atoms with Gasteiger partial charge in [0.05, 0.1) is 0 Å². The van der Waals surface area contributed by atoms with Crippen LogP contribution in [0, 0.1) is 11.8 Å². The van der Waals surface area contributed by atoms with Crippen molar-refractivity contribution < 1.29 is 43.2 Å². The Morgan fingerprint density at radius 1 is 1.21 bits per heavy atom. The van der Waals surface area contributed by atoms with E-state index >= 15 is 0 Å². The highest BCUT2D eigenvalue weighted by atomic mass is 16.7. The summed E-state index contributed by atoms with van der Waals surface area (Å²) in [6.07, 6.45) is 0.151. The first-order valence-electron chi connectivity index (χ1n) is 9.89. The van der Waals surface area contributed by atoms with Crippen molar-refractivity contribution >= 4 is 23.9 Å². The van der Waals surface area contributed by atoms with E-state index in [-0.39, 0.29) is 6.42 Å². The van der Waals surface area contributed by atoms with Crippen molar-refractivity contribution in [3.05, 3.63) is 12.2 Å². The Hall–Kier alpha value is -2.42. The Bertz CT molecular complexity index is 766. The van der Waals surface area contributed by atoms with Crippen LogP contribution in [0.2, 0.25) is 0 Å². The zero-order valence-electron chi connectivity index (χ0n) is 16.1. The van der Waals surface area contributed by atoms with Crippen LogP contribution >= 0.6 is 0 Å². The fourth-order valence-electron chi connectivity index (χ4n) is 5.00. The number of carboxylic acids is 1. The number of hydrogen-bond donors (Lipinski definition) is 1. The Labute approximate surface area is 167 Å². The molecule has 0 aromatic rings. The van der Waals surface area contributed by atoms with E-state index in [2.05, 4.69) is 6.58 Å². The number of carbonyl (C=O) groups excluding carboxylic acids is 3. The predicted octanol–water partition coefficient (Wildman–Crippen LogP) is 1.13. The fourth-order valence-corrected chi connectivity index (χ4v) is 5.00. The topological polar surface area (TPSA) is 125 Å². The van der Waals surface area contributed by atoms with Crippen LogP contribution in [0.5, 0.6) is 0 Å². The molecule has 1 aliphatic carbocycles. The molecule has 4 aliphatic rings. The first kappa shape index (κ1) is 19.9. The highest BCUT2D eigenvalue weighted by molar-refractivity contribution is 5.87. The SMILES string of the molecule is C=C(C)C(=O)OC1(CCC(=O)OC2C3OC(=O)C4C3OC2C4C(=O)O)CCCC1. The van der Waals surface area contributed by atoms with E-state index in [9.17, 15) is 24.3 Å². The fraction of sp³-hybridized carbons (Fsp3) is 0.700. The Balaban J connectivity index is 1.39. The molecule has 0 aromatic heterocycles. The number of carbonyl (C=O) groups is 4. The molecular formula is C20H24O9. The molecule has 9 heteroatoms. The number of rotatable bonds is 7. The van der Waals surface area contributed by atoms with Crippen LogP contribution < -0.4 is 0 Å². The lowest BCUT2D eigenvalue weighted by Crippen LogP contribution is -2.47. The monoisotopic (exact) mass is 408 g/mol. The molecular weight excluding hydrogens is 384 g/mol. The molecule has 3 heterocycles. The molecule has 0 radical (unpaired) electrons. The molecule has 29 heavy (non-hydrogen) atoms. The number of esters is 3. The molecule has 0 amide bonds. The van der Waals surface area contributed by atoms with Crippen molar-refractivity contribution in [3.8, 4) is 0 Å². The van der Waals surface area contributed by atoms with Gasteiger partial charge in [-0.25, -0.2) is 4.79 Å². The summed E-state index contributed by atoms with van der Waals surface area (Å²) in [5.41, 5.74) is -0.412. The zero-order chi connectivity index (χ0) is 20.9. The third-order valence-electron chi connectivity index (χ3n) is 6.41. The summed E-state index contributed by atoms with van der Waals surface area (Å²) in [7, 11) is 0. The molecule has 3 saturated heterocycles. The molecule has 6 atom stereocenters. The standard InChI is InChI=1S/C20H24O9/c1-9(2)18(24)29-20(6-3-4-7-20)8-5-10(21)26-15-13-11(17(22)23)12-14(27-13)16(15)28-19(12)25/h11-16H,1,3-8H2,2H3,(H,22,23). The molecule has 2 bridgehead atoms. The highest BCUT2D eigenvalue weighted by Crippen LogP contribution is 2.51. The van der Waals surface area contributed by atoms with Crippen molar-refractivity contribution in [2.75, 3.05) is 0 Å². The highest BCUT2D eigenvalue weighted by Gasteiger charge is 2.71. The summed E-state index contributed by atoms with van der Waals surface area (Å²) in [5.74, 6) is -4.76. The van der Waals surface area contributed by atoms with E-state index in [1.165, 1.54) is 0 Å². The maximum absolute atomic E-state index is 12.5. The third-order valence-corrected chi connectivity index (χ3v) is 6.41. The van der Waals surface area contributed by atoms with Gasteiger partial charge in [-0.2, -0.15) is 0 Å². The van der Waals surface area contributed by atoms with E-state index in [0.29, 0.717) is 24.8 Å². The lowest BCUT2D eigenvalue weighted by Gasteiger charge is -2.30. The maximum atomic E-state index is 12.5. The average Bonchev–Trinajstić information content (AvgIpc) is 3.38. The van der Waals surface area contributed by atoms with Gasteiger partial charge >= 0.3 is 23.9 Å². The summed E-state index contributed by atoms with van der Waals surface area (Å²) in [5, 5.41) is 9.45. The van der Waals surface area contributed by atoms with Crippen molar-refractivity contribution in [2.45, 2.75) is 75.5 Å². The molecule has 1 N–H and O–H groups in total. The molecule has 9 nitrogen and oxygen atoms in total. The van der Waals surface area contributed by atoms with Gasteiger partial charge in [-0.3, -0.25) is 14.4 Å². The molecule has 3 aliphatic heterocycles. The van der Waals surface area contributed by atoms with Crippen molar-refractivity contribution in [2.24, 2.45) is 11.8 Å². The van der Waals surface area contributed by atoms with Crippen LogP contribution in [-0.2, 0) is 38.1 Å². The maximum Gasteiger partial charge on any atom is 0.333 e. The van der Waals surface area contributed by atoms with Crippen LogP contribution in [0.1, 0.15) is 45.4 Å². The van der Waals surface area contributed by atoms with Crippen molar-refractivity contribution in [3.63, 3.8) is 0 Å². The molecule has 0 spiro atoms. The second-order valence-corrected chi connectivity index (χ2v) is 8.37. The molecule has 0 aromatic carbocycles. The van der Waals surface area contributed by atoms with Crippen LogP contribution in [0.4, 0.5) is 0 Å². The Kier molecular flexibility index (Phi) is 4.88. The third kappa shape index (κ3) is 3.31. The number of carboxylic acid groups (broad SMARTS) is 1. The normalized spacial score (nSPS) is 36.0. The van der Waals surface area contributed by atoms with Gasteiger partial charge in [0.2, 0.25) is 0 Å². The molecule has 1 saturated carbocycles. The number of aliphatic carboxylic acids is 1. The summed E-state index contributed by atoms with van der Waals surface area (Å²) in [4.78, 5) is 48.0. The largest absolute Gasteiger partial charge is 0.481 e.